The minimum Gasteiger partial charge on any atom is -0.415 e. The number of benzene rings is 1. The SMILES string of the molecule is CC(C)(C)[Si](C)(C)OCCNc1ccc(NC(=O)c2[nH]cnc2OC=O)cc1. The van der Waals surface area contributed by atoms with Crippen molar-refractivity contribution >= 4 is 32.1 Å². The molecular weight excluding hydrogens is 376 g/mol. The van der Waals surface area contributed by atoms with Crippen LogP contribution in [0.3, 0.4) is 0 Å². The fourth-order valence-electron chi connectivity index (χ4n) is 2.16. The Bertz CT molecular complexity index is 797. The number of anilines is 2. The van der Waals surface area contributed by atoms with Crippen LogP contribution in [0.4, 0.5) is 11.4 Å². The minimum atomic E-state index is -1.74. The molecular formula is C19H28N4O4Si. The molecule has 8 nitrogen and oxygen atoms in total. The topological polar surface area (TPSA) is 105 Å². The molecule has 1 heterocycles. The van der Waals surface area contributed by atoms with E-state index in [2.05, 4.69) is 59.2 Å². The summed E-state index contributed by atoms with van der Waals surface area (Å²) in [4.78, 5) is 29.1. The highest BCUT2D eigenvalue weighted by atomic mass is 28.4. The van der Waals surface area contributed by atoms with E-state index in [-0.39, 0.29) is 23.1 Å². The number of carbonyl (C=O) groups is 2. The quantitative estimate of drug-likeness (QED) is 0.335. The van der Waals surface area contributed by atoms with Gasteiger partial charge in [-0.25, -0.2) is 4.98 Å². The monoisotopic (exact) mass is 404 g/mol. The summed E-state index contributed by atoms with van der Waals surface area (Å²) in [5.41, 5.74) is 1.63. The molecule has 0 saturated heterocycles. The van der Waals surface area contributed by atoms with Gasteiger partial charge in [-0.3, -0.25) is 9.59 Å². The zero-order valence-electron chi connectivity index (χ0n) is 17.0. The number of aromatic amines is 1. The molecule has 1 amide bonds. The van der Waals surface area contributed by atoms with Crippen molar-refractivity contribution in [2.45, 2.75) is 38.9 Å². The van der Waals surface area contributed by atoms with Gasteiger partial charge >= 0.3 is 0 Å². The molecule has 0 bridgehead atoms. The van der Waals surface area contributed by atoms with Gasteiger partial charge in [0.05, 0.1) is 12.9 Å². The van der Waals surface area contributed by atoms with E-state index in [4.69, 9.17) is 4.43 Å². The molecule has 3 N–H and O–H groups in total. The van der Waals surface area contributed by atoms with E-state index in [1.54, 1.807) is 12.1 Å². The summed E-state index contributed by atoms with van der Waals surface area (Å²) in [5, 5.41) is 6.23. The van der Waals surface area contributed by atoms with Crippen LogP contribution in [0.5, 0.6) is 5.88 Å². The number of hydrogen-bond donors (Lipinski definition) is 3. The number of nitrogens with zero attached hydrogens (tertiary/aromatic N) is 1. The highest BCUT2D eigenvalue weighted by Gasteiger charge is 2.36. The summed E-state index contributed by atoms with van der Waals surface area (Å²) in [7, 11) is -1.74. The summed E-state index contributed by atoms with van der Waals surface area (Å²) in [6, 6.07) is 7.31. The van der Waals surface area contributed by atoms with Crippen molar-refractivity contribution in [2.24, 2.45) is 0 Å². The molecule has 2 aromatic rings. The zero-order valence-corrected chi connectivity index (χ0v) is 18.0. The maximum atomic E-state index is 12.2. The minimum absolute atomic E-state index is 0.0625. The third-order valence-electron chi connectivity index (χ3n) is 4.83. The fourth-order valence-corrected chi connectivity index (χ4v) is 3.21. The van der Waals surface area contributed by atoms with E-state index < -0.39 is 14.2 Å². The number of amides is 1. The van der Waals surface area contributed by atoms with Gasteiger partial charge in [0.2, 0.25) is 0 Å². The number of nitrogens with one attached hydrogen (secondary N) is 3. The lowest BCUT2D eigenvalue weighted by atomic mass is 10.2. The molecule has 152 valence electrons. The van der Waals surface area contributed by atoms with Gasteiger partial charge in [0.1, 0.15) is 0 Å². The number of rotatable bonds is 9. The number of aromatic nitrogens is 2. The molecule has 0 aliphatic rings. The second-order valence-electron chi connectivity index (χ2n) is 7.86. The van der Waals surface area contributed by atoms with Crippen molar-refractivity contribution in [1.29, 1.82) is 0 Å². The van der Waals surface area contributed by atoms with Gasteiger partial charge < -0.3 is 24.8 Å². The number of imidazole rings is 1. The van der Waals surface area contributed by atoms with Gasteiger partial charge in [0.15, 0.2) is 14.0 Å². The molecule has 9 heteroatoms. The van der Waals surface area contributed by atoms with Crippen LogP contribution in [0.15, 0.2) is 30.6 Å². The van der Waals surface area contributed by atoms with Gasteiger partial charge in [-0.2, -0.15) is 0 Å². The number of ether oxygens (including phenoxy) is 1. The molecule has 2 rings (SSSR count). The van der Waals surface area contributed by atoms with Gasteiger partial charge in [-0.15, -0.1) is 0 Å². The predicted octanol–water partition coefficient (Wildman–Crippen LogP) is 3.63. The lowest BCUT2D eigenvalue weighted by Crippen LogP contribution is -2.41. The Balaban J connectivity index is 1.84. The highest BCUT2D eigenvalue weighted by molar-refractivity contribution is 6.74. The van der Waals surface area contributed by atoms with E-state index in [9.17, 15) is 9.59 Å². The standard InChI is InChI=1S/C19H28N4O4Si/c1-19(2,3)28(4,5)27-11-10-20-14-6-8-15(9-7-14)23-17(25)16-18(26-13-24)22-12-21-16/h6-9,12-13,20H,10-11H2,1-5H3,(H,21,22)(H,23,25). The summed E-state index contributed by atoms with van der Waals surface area (Å²) >= 11 is 0. The third-order valence-corrected chi connectivity index (χ3v) is 9.37. The highest BCUT2D eigenvalue weighted by Crippen LogP contribution is 2.36. The van der Waals surface area contributed by atoms with Crippen molar-refractivity contribution in [1.82, 2.24) is 9.97 Å². The third kappa shape index (κ3) is 5.67. The molecule has 1 aromatic carbocycles. The molecule has 28 heavy (non-hydrogen) atoms. The van der Waals surface area contributed by atoms with Gasteiger partial charge in [0, 0.05) is 17.9 Å². The molecule has 1 aromatic heterocycles. The Morgan fingerprint density at radius 3 is 2.46 bits per heavy atom. The molecule has 0 fully saturated rings. The number of H-pyrrole nitrogens is 1. The first-order valence-corrected chi connectivity index (χ1v) is 12.0. The molecule has 0 atom stereocenters. The van der Waals surface area contributed by atoms with E-state index in [1.165, 1.54) is 6.33 Å². The smallest absolute Gasteiger partial charge is 0.299 e. The van der Waals surface area contributed by atoms with Crippen LogP contribution < -0.4 is 15.4 Å². The molecule has 0 saturated carbocycles. The number of carbonyl (C=O) groups excluding carboxylic acids is 2. The molecule has 0 radical (unpaired) electrons. The van der Waals surface area contributed by atoms with Crippen LogP contribution in [-0.4, -0.2) is 43.8 Å². The molecule has 0 aliphatic carbocycles. The summed E-state index contributed by atoms with van der Waals surface area (Å²) in [6.07, 6.45) is 1.28. The van der Waals surface area contributed by atoms with Crippen LogP contribution in [-0.2, 0) is 9.22 Å². The first-order valence-electron chi connectivity index (χ1n) is 9.07. The van der Waals surface area contributed by atoms with Gasteiger partial charge in [-0.05, 0) is 42.4 Å². The van der Waals surface area contributed by atoms with E-state index >= 15 is 0 Å². The summed E-state index contributed by atoms with van der Waals surface area (Å²) in [6.45, 7) is 12.7. The van der Waals surface area contributed by atoms with Crippen molar-refractivity contribution < 1.29 is 18.8 Å². The maximum Gasteiger partial charge on any atom is 0.299 e. The van der Waals surface area contributed by atoms with Gasteiger partial charge in [0.25, 0.3) is 18.3 Å². The van der Waals surface area contributed by atoms with Crippen molar-refractivity contribution in [3.05, 3.63) is 36.3 Å². The lowest BCUT2D eigenvalue weighted by molar-refractivity contribution is -0.120. The Hall–Kier alpha value is -2.65. The molecule has 0 unspecified atom stereocenters. The van der Waals surface area contributed by atoms with E-state index in [0.717, 1.165) is 5.69 Å². The van der Waals surface area contributed by atoms with Crippen LogP contribution >= 0.6 is 0 Å². The molecule has 0 spiro atoms. The Labute approximate surface area is 166 Å². The Morgan fingerprint density at radius 1 is 1.21 bits per heavy atom. The van der Waals surface area contributed by atoms with Gasteiger partial charge in [-0.1, -0.05) is 20.8 Å². The zero-order chi connectivity index (χ0) is 20.8. The van der Waals surface area contributed by atoms with Crippen molar-refractivity contribution in [2.75, 3.05) is 23.8 Å². The average Bonchev–Trinajstić information content (AvgIpc) is 3.08. The van der Waals surface area contributed by atoms with E-state index in [1.807, 2.05) is 12.1 Å². The van der Waals surface area contributed by atoms with Crippen molar-refractivity contribution in [3.8, 4) is 5.88 Å². The fraction of sp³-hybridized carbons (Fsp3) is 0.421. The first-order chi connectivity index (χ1) is 13.1. The second-order valence-corrected chi connectivity index (χ2v) is 12.7. The van der Waals surface area contributed by atoms with Crippen LogP contribution in [0.2, 0.25) is 18.1 Å². The Kier molecular flexibility index (Phi) is 6.98. The maximum absolute atomic E-state index is 12.2. The number of hydrogen-bond acceptors (Lipinski definition) is 6. The molecule has 0 aliphatic heterocycles. The Morgan fingerprint density at radius 2 is 1.86 bits per heavy atom. The summed E-state index contributed by atoms with van der Waals surface area (Å²) < 4.78 is 10.8. The average molecular weight is 405 g/mol. The normalized spacial score (nSPS) is 11.8. The van der Waals surface area contributed by atoms with Crippen LogP contribution in [0, 0.1) is 0 Å². The largest absolute Gasteiger partial charge is 0.415 e. The van der Waals surface area contributed by atoms with Crippen LogP contribution in [0.1, 0.15) is 31.3 Å². The lowest BCUT2D eigenvalue weighted by Gasteiger charge is -2.36. The predicted molar refractivity (Wildman–Crippen MR) is 111 cm³/mol. The van der Waals surface area contributed by atoms with E-state index in [0.29, 0.717) is 18.8 Å². The van der Waals surface area contributed by atoms with Crippen LogP contribution in [0.25, 0.3) is 0 Å². The second kappa shape index (κ2) is 9.02. The first kappa shape index (κ1) is 21.6. The summed E-state index contributed by atoms with van der Waals surface area (Å²) in [5.74, 6) is -0.509. The van der Waals surface area contributed by atoms with Crippen molar-refractivity contribution in [3.63, 3.8) is 0 Å².